The quantitative estimate of drug-likeness (QED) is 0.840. The maximum absolute atomic E-state index is 12.5. The summed E-state index contributed by atoms with van der Waals surface area (Å²) in [5.74, 6) is 0.120. The van der Waals surface area contributed by atoms with Gasteiger partial charge in [0.15, 0.2) is 5.69 Å². The van der Waals surface area contributed by atoms with E-state index < -0.39 is 10.0 Å². The van der Waals surface area contributed by atoms with E-state index in [4.69, 9.17) is 5.14 Å². The fraction of sp³-hybridized carbons (Fsp3) is 0.692. The van der Waals surface area contributed by atoms with Crippen LogP contribution in [0.1, 0.15) is 49.3 Å². The van der Waals surface area contributed by atoms with Gasteiger partial charge in [-0.15, -0.1) is 0 Å². The summed E-state index contributed by atoms with van der Waals surface area (Å²) in [6.45, 7) is 5.29. The average Bonchev–Trinajstić information content (AvgIpc) is 3.03. The lowest BCUT2D eigenvalue weighted by Crippen LogP contribution is -2.31. The lowest BCUT2D eigenvalue weighted by molar-refractivity contribution is 0.0777. The van der Waals surface area contributed by atoms with Crippen LogP contribution in [0.25, 0.3) is 0 Å². The molecule has 21 heavy (non-hydrogen) atoms. The Morgan fingerprint density at radius 1 is 1.48 bits per heavy atom. The number of nitrogens with one attached hydrogen (secondary N) is 1. The van der Waals surface area contributed by atoms with Crippen molar-refractivity contribution in [1.82, 2.24) is 15.1 Å². The number of amides is 1. The number of nitrogens with zero attached hydrogens (tertiary/aromatic N) is 2. The van der Waals surface area contributed by atoms with E-state index in [1.54, 1.807) is 4.90 Å². The molecule has 2 heterocycles. The van der Waals surface area contributed by atoms with Gasteiger partial charge in [0.25, 0.3) is 5.91 Å². The second-order valence-corrected chi connectivity index (χ2v) is 6.99. The molecule has 0 spiro atoms. The Labute approximate surface area is 124 Å². The van der Waals surface area contributed by atoms with Gasteiger partial charge in [0, 0.05) is 13.1 Å². The molecule has 7 nitrogen and oxygen atoms in total. The van der Waals surface area contributed by atoms with Crippen LogP contribution in [-0.2, 0) is 16.4 Å². The van der Waals surface area contributed by atoms with E-state index in [-0.39, 0.29) is 16.5 Å². The zero-order chi connectivity index (χ0) is 15.6. The summed E-state index contributed by atoms with van der Waals surface area (Å²) < 4.78 is 23.6. The molecule has 1 aromatic heterocycles. The van der Waals surface area contributed by atoms with Gasteiger partial charge >= 0.3 is 0 Å². The maximum atomic E-state index is 12.5. The van der Waals surface area contributed by atoms with Crippen LogP contribution in [0.5, 0.6) is 0 Å². The van der Waals surface area contributed by atoms with Gasteiger partial charge in [-0.2, -0.15) is 5.10 Å². The second-order valence-electron chi connectivity index (χ2n) is 5.49. The molecule has 118 valence electrons. The molecule has 0 saturated carbocycles. The van der Waals surface area contributed by atoms with Gasteiger partial charge in [-0.1, -0.05) is 26.7 Å². The molecule has 1 amide bonds. The molecule has 0 bridgehead atoms. The minimum absolute atomic E-state index is 0.0716. The number of nitrogens with two attached hydrogens (primary N) is 1. The minimum Gasteiger partial charge on any atom is -0.337 e. The molecule has 1 fully saturated rings. The molecular formula is C13H22N4O3S. The summed E-state index contributed by atoms with van der Waals surface area (Å²) >= 11 is 0. The van der Waals surface area contributed by atoms with Gasteiger partial charge in [0.05, 0.1) is 5.69 Å². The molecule has 1 atom stereocenters. The number of sulfonamides is 1. The van der Waals surface area contributed by atoms with Crippen molar-refractivity contribution in [2.45, 2.75) is 44.4 Å². The van der Waals surface area contributed by atoms with Crippen LogP contribution in [-0.4, -0.2) is 42.5 Å². The summed E-state index contributed by atoms with van der Waals surface area (Å²) in [6, 6.07) is 0. The zero-order valence-electron chi connectivity index (χ0n) is 12.4. The van der Waals surface area contributed by atoms with Crippen LogP contribution in [0.4, 0.5) is 0 Å². The van der Waals surface area contributed by atoms with E-state index in [0.717, 1.165) is 19.3 Å². The van der Waals surface area contributed by atoms with E-state index in [1.807, 2.05) is 6.92 Å². The maximum Gasteiger partial charge on any atom is 0.275 e. The van der Waals surface area contributed by atoms with Crippen molar-refractivity contribution in [2.24, 2.45) is 11.1 Å². The van der Waals surface area contributed by atoms with E-state index in [9.17, 15) is 13.2 Å². The molecule has 1 aromatic rings. The number of hydrogen-bond donors (Lipinski definition) is 2. The third kappa shape index (κ3) is 3.26. The molecule has 0 aromatic carbocycles. The normalized spacial score (nSPS) is 19.2. The van der Waals surface area contributed by atoms with E-state index in [1.165, 1.54) is 0 Å². The Morgan fingerprint density at radius 2 is 2.19 bits per heavy atom. The lowest BCUT2D eigenvalue weighted by Gasteiger charge is -2.15. The molecule has 1 aliphatic heterocycles. The smallest absolute Gasteiger partial charge is 0.275 e. The topological polar surface area (TPSA) is 109 Å². The molecule has 1 saturated heterocycles. The number of hydrogen-bond acceptors (Lipinski definition) is 4. The van der Waals surface area contributed by atoms with Gasteiger partial charge in [-0.25, -0.2) is 13.6 Å². The molecular weight excluding hydrogens is 292 g/mol. The number of aryl methyl sites for hydroxylation is 1. The standard InChI is InChI=1S/C13H22N4O3S/c1-3-5-10-12(21(14,19)20)11(16-15-10)13(18)17-7-6-9(4-2)8-17/h9H,3-8H2,1-2H3,(H,15,16)(H2,14,19,20). The molecule has 1 aliphatic rings. The molecule has 2 rings (SSSR count). The van der Waals surface area contributed by atoms with Gasteiger partial charge in [-0.05, 0) is 18.8 Å². The minimum atomic E-state index is -3.98. The summed E-state index contributed by atoms with van der Waals surface area (Å²) in [5.41, 5.74) is 0.340. The Morgan fingerprint density at radius 3 is 2.71 bits per heavy atom. The SMILES string of the molecule is CCCc1[nH]nc(C(=O)N2CCC(CC)C2)c1S(N)(=O)=O. The molecule has 0 aliphatic carbocycles. The van der Waals surface area contributed by atoms with E-state index >= 15 is 0 Å². The zero-order valence-corrected chi connectivity index (χ0v) is 13.2. The Bertz CT molecular complexity index is 623. The molecule has 8 heteroatoms. The number of likely N-dealkylation sites (tertiary alicyclic amines) is 1. The fourth-order valence-corrected chi connectivity index (χ4v) is 3.63. The summed E-state index contributed by atoms with van der Waals surface area (Å²) in [6.07, 6.45) is 3.18. The van der Waals surface area contributed by atoms with Crippen molar-refractivity contribution >= 4 is 15.9 Å². The molecule has 3 N–H and O–H groups in total. The van der Waals surface area contributed by atoms with Crippen molar-refractivity contribution in [1.29, 1.82) is 0 Å². The average molecular weight is 314 g/mol. The third-order valence-corrected chi connectivity index (χ3v) is 4.94. The fourth-order valence-electron chi connectivity index (χ4n) is 2.74. The van der Waals surface area contributed by atoms with Crippen molar-refractivity contribution in [2.75, 3.05) is 13.1 Å². The summed E-state index contributed by atoms with van der Waals surface area (Å²) in [7, 11) is -3.98. The van der Waals surface area contributed by atoms with Gasteiger partial charge in [-0.3, -0.25) is 9.89 Å². The molecule has 0 radical (unpaired) electrons. The molecule has 1 unspecified atom stereocenters. The van der Waals surface area contributed by atoms with Gasteiger partial charge < -0.3 is 4.90 Å². The Kier molecular flexibility index (Phi) is 4.67. The number of rotatable bonds is 5. The van der Waals surface area contributed by atoms with Crippen LogP contribution in [0, 0.1) is 5.92 Å². The number of carbonyl (C=O) groups excluding carboxylic acids is 1. The highest BCUT2D eigenvalue weighted by Crippen LogP contribution is 2.24. The van der Waals surface area contributed by atoms with Crippen molar-refractivity contribution in [3.05, 3.63) is 11.4 Å². The second kappa shape index (κ2) is 6.15. The van der Waals surface area contributed by atoms with E-state index in [0.29, 0.717) is 31.1 Å². The van der Waals surface area contributed by atoms with Gasteiger partial charge in [0.2, 0.25) is 10.0 Å². The third-order valence-electron chi connectivity index (χ3n) is 3.93. The van der Waals surface area contributed by atoms with Crippen LogP contribution < -0.4 is 5.14 Å². The number of primary sulfonamides is 1. The Balaban J connectivity index is 2.34. The highest BCUT2D eigenvalue weighted by Gasteiger charge is 2.33. The highest BCUT2D eigenvalue weighted by molar-refractivity contribution is 7.89. The summed E-state index contributed by atoms with van der Waals surface area (Å²) in [4.78, 5) is 14.0. The van der Waals surface area contributed by atoms with Gasteiger partial charge in [0.1, 0.15) is 4.90 Å². The van der Waals surface area contributed by atoms with Crippen LogP contribution >= 0.6 is 0 Å². The first kappa shape index (κ1) is 16.0. The van der Waals surface area contributed by atoms with E-state index in [2.05, 4.69) is 17.1 Å². The van der Waals surface area contributed by atoms with Crippen molar-refractivity contribution in [3.8, 4) is 0 Å². The first-order chi connectivity index (χ1) is 9.88. The first-order valence-electron chi connectivity index (χ1n) is 7.27. The number of carbonyl (C=O) groups is 1. The predicted octanol–water partition coefficient (Wildman–Crippen LogP) is 0.882. The lowest BCUT2D eigenvalue weighted by atomic mass is 10.1. The van der Waals surface area contributed by atoms with Crippen molar-refractivity contribution in [3.63, 3.8) is 0 Å². The van der Waals surface area contributed by atoms with Crippen LogP contribution in [0.3, 0.4) is 0 Å². The largest absolute Gasteiger partial charge is 0.337 e. The first-order valence-corrected chi connectivity index (χ1v) is 8.82. The highest BCUT2D eigenvalue weighted by atomic mass is 32.2. The predicted molar refractivity (Wildman–Crippen MR) is 78.3 cm³/mol. The summed E-state index contributed by atoms with van der Waals surface area (Å²) in [5, 5.41) is 11.8. The monoisotopic (exact) mass is 314 g/mol. The number of aromatic amines is 1. The van der Waals surface area contributed by atoms with Crippen LogP contribution in [0.2, 0.25) is 0 Å². The number of aromatic nitrogens is 2. The van der Waals surface area contributed by atoms with Crippen LogP contribution in [0.15, 0.2) is 4.90 Å². The van der Waals surface area contributed by atoms with Crippen molar-refractivity contribution < 1.29 is 13.2 Å². The Hall–Kier alpha value is -1.41. The number of H-pyrrole nitrogens is 1.